The molecule has 10 heteroatoms. The van der Waals surface area contributed by atoms with E-state index < -0.39 is 27.9 Å². The number of hydrogen-bond acceptors (Lipinski definition) is 6. The molecule has 5 aromatic rings. The standard InChI is InChI=1S/C30H25N3O5S2/c1-19-11-16-24-20(2)30(39-25(24)18-19)40(37,38)32-29(36)27(21-8-4-3-5-9-21)31-28(35)22-12-14-23(15-13-22)33-17-7-6-10-26(33)34/h3-18,27H,1-2H3,(H,31,35)(H,32,36). The molecule has 0 spiro atoms. The SMILES string of the molecule is Cc1ccc2c(C)c(S(=O)(=O)NC(=O)C(NC(=O)c3ccc(-n4ccccc4=O)cc3)c3ccccc3)sc2c1. The number of pyridine rings is 1. The highest BCUT2D eigenvalue weighted by Crippen LogP contribution is 2.34. The van der Waals surface area contributed by atoms with Gasteiger partial charge in [-0.25, -0.2) is 13.1 Å². The summed E-state index contributed by atoms with van der Waals surface area (Å²) in [5.41, 5.74) is 2.56. The van der Waals surface area contributed by atoms with Gasteiger partial charge in [-0.3, -0.25) is 19.0 Å². The number of amides is 2. The lowest BCUT2D eigenvalue weighted by Gasteiger charge is -2.19. The lowest BCUT2D eigenvalue weighted by Crippen LogP contribution is -2.42. The fraction of sp³-hybridized carbons (Fsp3) is 0.100. The summed E-state index contributed by atoms with van der Waals surface area (Å²) in [6.07, 6.45) is 1.62. The first-order valence-corrected chi connectivity index (χ1v) is 14.6. The zero-order chi connectivity index (χ0) is 28.4. The number of carbonyl (C=O) groups is 2. The molecule has 0 radical (unpaired) electrons. The van der Waals surface area contributed by atoms with Crippen molar-refractivity contribution in [3.63, 3.8) is 0 Å². The molecule has 2 amide bonds. The Morgan fingerprint density at radius 3 is 2.27 bits per heavy atom. The Morgan fingerprint density at radius 2 is 1.57 bits per heavy atom. The first kappa shape index (κ1) is 27.0. The summed E-state index contributed by atoms with van der Waals surface area (Å²) in [6.45, 7) is 3.63. The van der Waals surface area contributed by atoms with E-state index in [1.54, 1.807) is 67.7 Å². The summed E-state index contributed by atoms with van der Waals surface area (Å²) in [7, 11) is -4.22. The smallest absolute Gasteiger partial charge is 0.273 e. The number of benzene rings is 3. The first-order valence-electron chi connectivity index (χ1n) is 12.3. The van der Waals surface area contributed by atoms with Crippen LogP contribution in [0.4, 0.5) is 0 Å². The molecule has 5 rings (SSSR count). The molecule has 1 atom stereocenters. The van der Waals surface area contributed by atoms with Crippen molar-refractivity contribution in [2.24, 2.45) is 0 Å². The lowest BCUT2D eigenvalue weighted by molar-refractivity contribution is -0.121. The number of carbonyl (C=O) groups excluding carboxylic acids is 2. The Bertz CT molecular complexity index is 1890. The third kappa shape index (κ3) is 5.45. The highest BCUT2D eigenvalue weighted by atomic mass is 32.2. The lowest BCUT2D eigenvalue weighted by atomic mass is 10.1. The molecule has 0 aliphatic carbocycles. The van der Waals surface area contributed by atoms with E-state index in [1.165, 1.54) is 22.8 Å². The van der Waals surface area contributed by atoms with Gasteiger partial charge >= 0.3 is 0 Å². The fourth-order valence-corrected chi connectivity index (χ4v) is 7.24. The predicted molar refractivity (Wildman–Crippen MR) is 155 cm³/mol. The Kier molecular flexibility index (Phi) is 7.38. The van der Waals surface area contributed by atoms with Gasteiger partial charge in [-0.15, -0.1) is 11.3 Å². The minimum Gasteiger partial charge on any atom is -0.336 e. The average Bonchev–Trinajstić information content (AvgIpc) is 3.28. The van der Waals surface area contributed by atoms with E-state index in [-0.39, 0.29) is 15.3 Å². The van der Waals surface area contributed by atoms with Crippen molar-refractivity contribution >= 4 is 43.3 Å². The molecule has 2 heterocycles. The number of sulfonamides is 1. The van der Waals surface area contributed by atoms with Gasteiger partial charge in [-0.05, 0) is 72.3 Å². The fourth-order valence-electron chi connectivity index (χ4n) is 4.38. The van der Waals surface area contributed by atoms with E-state index in [1.807, 2.05) is 25.1 Å². The Balaban J connectivity index is 1.41. The number of aryl methyl sites for hydroxylation is 2. The van der Waals surface area contributed by atoms with Crippen molar-refractivity contribution in [3.8, 4) is 5.69 Å². The Hall–Kier alpha value is -4.54. The maximum atomic E-state index is 13.4. The van der Waals surface area contributed by atoms with E-state index in [0.29, 0.717) is 16.8 Å². The summed E-state index contributed by atoms with van der Waals surface area (Å²) < 4.78 is 31.2. The zero-order valence-corrected chi connectivity index (χ0v) is 23.3. The largest absolute Gasteiger partial charge is 0.336 e. The van der Waals surface area contributed by atoms with Gasteiger partial charge in [0.05, 0.1) is 0 Å². The monoisotopic (exact) mass is 571 g/mol. The van der Waals surface area contributed by atoms with Crippen LogP contribution in [0.15, 0.2) is 106 Å². The molecule has 0 saturated carbocycles. The second-order valence-corrected chi connectivity index (χ2v) is 12.2. The second kappa shape index (κ2) is 10.9. The summed E-state index contributed by atoms with van der Waals surface area (Å²) in [6, 6.07) is 23.9. The first-order chi connectivity index (χ1) is 19.1. The van der Waals surface area contributed by atoms with Crippen LogP contribution in [-0.4, -0.2) is 24.8 Å². The van der Waals surface area contributed by atoms with Crippen LogP contribution in [-0.2, 0) is 14.8 Å². The van der Waals surface area contributed by atoms with E-state index in [4.69, 9.17) is 0 Å². The number of nitrogens with one attached hydrogen (secondary N) is 2. The normalized spacial score (nSPS) is 12.2. The van der Waals surface area contributed by atoms with Gasteiger partial charge in [0.25, 0.3) is 27.4 Å². The summed E-state index contributed by atoms with van der Waals surface area (Å²) >= 11 is 1.09. The van der Waals surface area contributed by atoms with Crippen molar-refractivity contribution in [3.05, 3.63) is 130 Å². The molecule has 2 N–H and O–H groups in total. The van der Waals surface area contributed by atoms with Crippen LogP contribution in [0.1, 0.15) is 33.1 Å². The minimum absolute atomic E-state index is 0.0475. The summed E-state index contributed by atoms with van der Waals surface area (Å²) in [5.74, 6) is -1.47. The number of rotatable bonds is 7. The number of hydrogen-bond donors (Lipinski definition) is 2. The summed E-state index contributed by atoms with van der Waals surface area (Å²) in [5, 5.41) is 3.47. The van der Waals surface area contributed by atoms with Crippen LogP contribution in [0, 0.1) is 13.8 Å². The Labute approximate surface area is 235 Å². The molecule has 0 aliphatic rings. The molecular weight excluding hydrogens is 546 g/mol. The number of aromatic nitrogens is 1. The highest BCUT2D eigenvalue weighted by Gasteiger charge is 2.30. The van der Waals surface area contributed by atoms with E-state index in [0.717, 1.165) is 27.0 Å². The molecule has 0 saturated heterocycles. The molecular formula is C30H25N3O5S2. The van der Waals surface area contributed by atoms with Gasteiger partial charge in [0.2, 0.25) is 0 Å². The van der Waals surface area contributed by atoms with Gasteiger partial charge in [-0.1, -0.05) is 48.5 Å². The van der Waals surface area contributed by atoms with Crippen molar-refractivity contribution in [1.29, 1.82) is 0 Å². The van der Waals surface area contributed by atoms with E-state index >= 15 is 0 Å². The number of thiophene rings is 1. The van der Waals surface area contributed by atoms with Crippen LogP contribution in [0.5, 0.6) is 0 Å². The highest BCUT2D eigenvalue weighted by molar-refractivity contribution is 7.92. The summed E-state index contributed by atoms with van der Waals surface area (Å²) in [4.78, 5) is 38.7. The molecule has 40 heavy (non-hydrogen) atoms. The van der Waals surface area contributed by atoms with Crippen molar-refractivity contribution < 1.29 is 18.0 Å². The topological polar surface area (TPSA) is 114 Å². The van der Waals surface area contributed by atoms with E-state index in [2.05, 4.69) is 10.0 Å². The maximum absolute atomic E-state index is 13.4. The zero-order valence-electron chi connectivity index (χ0n) is 21.6. The van der Waals surface area contributed by atoms with E-state index in [9.17, 15) is 22.8 Å². The molecule has 0 bridgehead atoms. The van der Waals surface area contributed by atoms with Crippen LogP contribution in [0.3, 0.4) is 0 Å². The van der Waals surface area contributed by atoms with Gasteiger partial charge in [0, 0.05) is 28.2 Å². The molecule has 3 aromatic carbocycles. The quantitative estimate of drug-likeness (QED) is 0.295. The van der Waals surface area contributed by atoms with Gasteiger partial charge in [0.1, 0.15) is 10.3 Å². The van der Waals surface area contributed by atoms with Gasteiger partial charge in [0.15, 0.2) is 0 Å². The van der Waals surface area contributed by atoms with Crippen LogP contribution in [0.2, 0.25) is 0 Å². The second-order valence-electron chi connectivity index (χ2n) is 9.26. The van der Waals surface area contributed by atoms with Crippen LogP contribution in [0.25, 0.3) is 15.8 Å². The average molecular weight is 572 g/mol. The van der Waals surface area contributed by atoms with Crippen molar-refractivity contribution in [1.82, 2.24) is 14.6 Å². The van der Waals surface area contributed by atoms with Gasteiger partial charge < -0.3 is 5.32 Å². The molecule has 2 aromatic heterocycles. The molecule has 0 aliphatic heterocycles. The van der Waals surface area contributed by atoms with Crippen molar-refractivity contribution in [2.45, 2.75) is 24.1 Å². The van der Waals surface area contributed by atoms with Crippen molar-refractivity contribution in [2.75, 3.05) is 0 Å². The van der Waals surface area contributed by atoms with Gasteiger partial charge in [-0.2, -0.15) is 0 Å². The number of fused-ring (bicyclic) bond motifs is 1. The molecule has 0 fully saturated rings. The third-order valence-corrected chi connectivity index (χ3v) is 9.65. The molecule has 202 valence electrons. The Morgan fingerprint density at radius 1 is 0.875 bits per heavy atom. The number of nitrogens with zero attached hydrogens (tertiary/aromatic N) is 1. The molecule has 8 nitrogen and oxygen atoms in total. The molecule has 1 unspecified atom stereocenters. The van der Waals surface area contributed by atoms with Crippen LogP contribution < -0.4 is 15.6 Å². The predicted octanol–water partition coefficient (Wildman–Crippen LogP) is 4.65. The maximum Gasteiger partial charge on any atom is 0.273 e. The minimum atomic E-state index is -4.22. The van der Waals surface area contributed by atoms with Crippen LogP contribution >= 0.6 is 11.3 Å². The third-order valence-electron chi connectivity index (χ3n) is 6.43.